The summed E-state index contributed by atoms with van der Waals surface area (Å²) in [6.07, 6.45) is 0. The van der Waals surface area contributed by atoms with Crippen LogP contribution in [-0.4, -0.2) is 0 Å². The molecule has 0 bridgehead atoms. The molecule has 286 valence electrons. The maximum atomic E-state index is 9.93. The average Bonchev–Trinajstić information content (AvgIpc) is 3.90. The number of para-hydroxylation sites is 1. The van der Waals surface area contributed by atoms with Gasteiger partial charge in [0.15, 0.2) is 0 Å². The Balaban J connectivity index is 1.14. The lowest BCUT2D eigenvalue weighted by molar-refractivity contribution is 0.669. The number of nitrogens with zero attached hydrogens (tertiary/aromatic N) is 1. The van der Waals surface area contributed by atoms with Crippen LogP contribution in [0.5, 0.6) is 0 Å². The highest BCUT2D eigenvalue weighted by Gasteiger charge is 2.47. The predicted molar refractivity (Wildman–Crippen MR) is 254 cm³/mol. The molecule has 1 aromatic heterocycles. The van der Waals surface area contributed by atoms with Crippen molar-refractivity contribution in [1.82, 2.24) is 0 Å². The van der Waals surface area contributed by atoms with E-state index in [4.69, 9.17) is 4.42 Å². The van der Waals surface area contributed by atoms with Crippen LogP contribution in [0.3, 0.4) is 0 Å². The third kappa shape index (κ3) is 5.43. The molecule has 11 aromatic rings. The maximum absolute atomic E-state index is 9.93. The Labute approximate surface area is 360 Å². The molecule has 0 radical (unpaired) electrons. The van der Waals surface area contributed by atoms with Gasteiger partial charge in [-0.2, -0.15) is 0 Å². The Bertz CT molecular complexity index is 3580. The zero-order valence-electron chi connectivity index (χ0n) is 37.1. The van der Waals surface area contributed by atoms with E-state index < -0.39 is 5.41 Å². The Kier molecular flexibility index (Phi) is 7.18. The molecule has 1 heterocycles. The van der Waals surface area contributed by atoms with Gasteiger partial charge in [-0.15, -0.1) is 0 Å². The normalized spacial score (nSPS) is 13.6. The van der Waals surface area contributed by atoms with E-state index in [0.717, 1.165) is 82.9 Å². The molecule has 1 aliphatic rings. The van der Waals surface area contributed by atoms with Crippen LogP contribution >= 0.6 is 0 Å². The summed E-state index contributed by atoms with van der Waals surface area (Å²) in [5, 5.41) is 3.90. The molecule has 0 saturated heterocycles. The average molecular weight is 782 g/mol. The quantitative estimate of drug-likeness (QED) is 0.160. The van der Waals surface area contributed by atoms with Gasteiger partial charge >= 0.3 is 0 Å². The summed E-state index contributed by atoms with van der Waals surface area (Å²) in [7, 11) is 0. The largest absolute Gasteiger partial charge is 0.456 e. The Morgan fingerprint density at radius 1 is 0.393 bits per heavy atom. The van der Waals surface area contributed by atoms with Crippen LogP contribution in [0.25, 0.3) is 66.1 Å². The second-order valence-corrected chi connectivity index (χ2v) is 15.6. The van der Waals surface area contributed by atoms with E-state index in [1.54, 1.807) is 0 Å². The first kappa shape index (κ1) is 31.0. The third-order valence-corrected chi connectivity index (χ3v) is 12.4. The van der Waals surface area contributed by atoms with E-state index in [0.29, 0.717) is 11.3 Å². The van der Waals surface area contributed by atoms with Crippen molar-refractivity contribution in [3.63, 3.8) is 0 Å². The van der Waals surface area contributed by atoms with Crippen molar-refractivity contribution in [2.45, 2.75) is 5.41 Å². The van der Waals surface area contributed by atoms with Gasteiger partial charge in [-0.05, 0) is 103 Å². The molecular weight excluding hydrogens is 739 g/mol. The number of hydrogen-bond acceptors (Lipinski definition) is 2. The molecule has 0 aliphatic heterocycles. The summed E-state index contributed by atoms with van der Waals surface area (Å²) < 4.78 is 45.6. The molecule has 0 unspecified atom stereocenters. The topological polar surface area (TPSA) is 16.4 Å². The molecule has 2 nitrogen and oxygen atoms in total. The van der Waals surface area contributed by atoms with Gasteiger partial charge in [-0.1, -0.05) is 194 Å². The molecule has 0 amide bonds. The summed E-state index contributed by atoms with van der Waals surface area (Å²) in [4.78, 5) is 1.95. The van der Waals surface area contributed by atoms with Crippen LogP contribution < -0.4 is 4.90 Å². The van der Waals surface area contributed by atoms with Crippen molar-refractivity contribution < 1.29 is 9.90 Å². The SMILES string of the molecule is [2H]c1c([2H])c(N(c2ccc(-c3cccc4oc5ccccc5c34)cc2)c2cccc3c2-c2ccccc2C3(c2ccccc2)c2ccccc2)c([2H])c([2H])c1-c1cccc2ccccc12. The number of anilines is 3. The Morgan fingerprint density at radius 2 is 0.967 bits per heavy atom. The Morgan fingerprint density at radius 3 is 1.75 bits per heavy atom. The van der Waals surface area contributed by atoms with Gasteiger partial charge in [0.2, 0.25) is 0 Å². The molecule has 1 aliphatic carbocycles. The maximum Gasteiger partial charge on any atom is 0.136 e. The highest BCUT2D eigenvalue weighted by molar-refractivity contribution is 6.12. The minimum Gasteiger partial charge on any atom is -0.456 e. The first-order chi connectivity index (χ1) is 31.9. The molecule has 12 rings (SSSR count). The van der Waals surface area contributed by atoms with Crippen molar-refractivity contribution in [2.24, 2.45) is 0 Å². The number of hydrogen-bond donors (Lipinski definition) is 0. The molecule has 0 saturated carbocycles. The molecule has 61 heavy (non-hydrogen) atoms. The van der Waals surface area contributed by atoms with Crippen molar-refractivity contribution in [3.8, 4) is 33.4 Å². The van der Waals surface area contributed by atoms with Gasteiger partial charge in [0.1, 0.15) is 11.2 Å². The minimum atomic E-state index is -0.695. The van der Waals surface area contributed by atoms with Crippen molar-refractivity contribution in [3.05, 3.63) is 259 Å². The second-order valence-electron chi connectivity index (χ2n) is 15.6. The van der Waals surface area contributed by atoms with Crippen molar-refractivity contribution in [1.29, 1.82) is 0 Å². The first-order valence-corrected chi connectivity index (χ1v) is 20.7. The molecule has 0 atom stereocenters. The highest BCUT2D eigenvalue weighted by Crippen LogP contribution is 2.59. The number of rotatable bonds is 7. The van der Waals surface area contributed by atoms with Crippen LogP contribution in [0.2, 0.25) is 0 Å². The predicted octanol–water partition coefficient (Wildman–Crippen LogP) is 15.9. The molecule has 10 aromatic carbocycles. The minimum absolute atomic E-state index is 0.103. The van der Waals surface area contributed by atoms with E-state index in [9.17, 15) is 5.48 Å². The van der Waals surface area contributed by atoms with E-state index in [2.05, 4.69) is 115 Å². The van der Waals surface area contributed by atoms with Gasteiger partial charge in [0.25, 0.3) is 0 Å². The zero-order valence-corrected chi connectivity index (χ0v) is 33.1. The third-order valence-electron chi connectivity index (χ3n) is 12.4. The van der Waals surface area contributed by atoms with Gasteiger partial charge < -0.3 is 9.32 Å². The van der Waals surface area contributed by atoms with Crippen LogP contribution in [0, 0.1) is 0 Å². The molecule has 0 N–H and O–H groups in total. The van der Waals surface area contributed by atoms with Crippen LogP contribution in [-0.2, 0) is 5.41 Å². The first-order valence-electron chi connectivity index (χ1n) is 22.7. The fourth-order valence-corrected chi connectivity index (χ4v) is 9.85. The Hall–Kier alpha value is -7.94. The smallest absolute Gasteiger partial charge is 0.136 e. The second kappa shape index (κ2) is 14.1. The lowest BCUT2D eigenvalue weighted by Gasteiger charge is -2.34. The standard InChI is InChI=1S/C59H39NO/c1-3-18-43(19-4-1)59(44-20-5-2-6-21-44)52-27-11-9-23-50(52)58-53(59)28-15-29-54(58)60(45-36-32-41(33-37-45)48-25-13-17-40-16-7-8-22-47(40)48)46-38-34-42(35-39-46)49-26-14-31-56-57(49)51-24-10-12-30-55(51)61-56/h1-39H/i32D,33D,36D,37D. The number of fused-ring (bicyclic) bond motifs is 7. The summed E-state index contributed by atoms with van der Waals surface area (Å²) in [6.45, 7) is 0. The van der Waals surface area contributed by atoms with Crippen LogP contribution in [0.15, 0.2) is 241 Å². The van der Waals surface area contributed by atoms with E-state index in [-0.39, 0.29) is 35.4 Å². The molecular formula is C59H39NO. The summed E-state index contributed by atoms with van der Waals surface area (Å²) >= 11 is 0. The molecule has 2 heteroatoms. The summed E-state index contributed by atoms with van der Waals surface area (Å²) in [5.74, 6) is 0. The van der Waals surface area contributed by atoms with Gasteiger partial charge in [0.05, 0.1) is 16.6 Å². The summed E-state index contributed by atoms with van der Waals surface area (Å²) in [5.41, 5.74) is 11.9. The lowest BCUT2D eigenvalue weighted by Crippen LogP contribution is -2.28. The fraction of sp³-hybridized carbons (Fsp3) is 0.0169. The van der Waals surface area contributed by atoms with Gasteiger partial charge in [-0.25, -0.2) is 0 Å². The van der Waals surface area contributed by atoms with E-state index in [1.165, 1.54) is 0 Å². The highest BCUT2D eigenvalue weighted by atomic mass is 16.3. The molecule has 0 fully saturated rings. The van der Waals surface area contributed by atoms with Crippen molar-refractivity contribution in [2.75, 3.05) is 4.90 Å². The summed E-state index contributed by atoms with van der Waals surface area (Å²) in [6, 6.07) is 71.7. The van der Waals surface area contributed by atoms with E-state index >= 15 is 0 Å². The number of benzene rings is 10. The van der Waals surface area contributed by atoms with E-state index in [1.807, 2.05) is 102 Å². The van der Waals surface area contributed by atoms with Gasteiger partial charge in [0, 0.05) is 27.7 Å². The fourth-order valence-electron chi connectivity index (χ4n) is 9.85. The zero-order chi connectivity index (χ0) is 43.8. The lowest BCUT2D eigenvalue weighted by atomic mass is 9.68. The van der Waals surface area contributed by atoms with Crippen LogP contribution in [0.1, 0.15) is 27.7 Å². The molecule has 0 spiro atoms. The monoisotopic (exact) mass is 781 g/mol. The van der Waals surface area contributed by atoms with Crippen molar-refractivity contribution >= 4 is 49.8 Å². The number of furan rings is 1. The van der Waals surface area contributed by atoms with Gasteiger partial charge in [-0.3, -0.25) is 0 Å². The van der Waals surface area contributed by atoms with Crippen LogP contribution in [0.4, 0.5) is 17.1 Å².